The number of rotatable bonds is 24. The highest BCUT2D eigenvalue weighted by molar-refractivity contribution is 5.78. The maximum atomic E-state index is 13.0. The van der Waals surface area contributed by atoms with Gasteiger partial charge in [0, 0.05) is 75.2 Å². The molecule has 30 heteroatoms. The van der Waals surface area contributed by atoms with E-state index in [1.807, 2.05) is 128 Å². The number of hydrogen-bond donors (Lipinski definition) is 6. The Kier molecular flexibility index (Phi) is 27.9. The molecule has 30 nitrogen and oxygen atoms in total. The molecule has 6 N–H and O–H groups in total. The third kappa shape index (κ3) is 23.9. The molecular weight excluding hydrogens is 1480 g/mol. The summed E-state index contributed by atoms with van der Waals surface area (Å²) in [5.41, 5.74) is 14.9. The van der Waals surface area contributed by atoms with E-state index in [4.69, 9.17) is 43.4 Å². The minimum Gasteiger partial charge on any atom is -0.383 e. The van der Waals surface area contributed by atoms with Crippen LogP contribution in [0.1, 0.15) is 172 Å². The van der Waals surface area contributed by atoms with E-state index in [9.17, 15) is 14.4 Å². The van der Waals surface area contributed by atoms with Crippen molar-refractivity contribution in [2.24, 2.45) is 0 Å². The molecule has 6 aliphatic rings. The zero-order chi connectivity index (χ0) is 82.2. The van der Waals surface area contributed by atoms with Crippen LogP contribution in [0.15, 0.2) is 129 Å². The lowest BCUT2D eigenvalue weighted by molar-refractivity contribution is -0.111. The molecule has 0 bridgehead atoms. The number of carbonyl (C=O) groups excluding carboxylic acids is 3. The van der Waals surface area contributed by atoms with Crippen LogP contribution < -0.4 is 31.9 Å². The summed E-state index contributed by atoms with van der Waals surface area (Å²) in [6, 6.07) is 25.1. The van der Waals surface area contributed by atoms with Gasteiger partial charge in [-0.3, -0.25) is 14.0 Å². The number of fused-ring (bicyclic) bond motifs is 3. The molecule has 0 saturated carbocycles. The molecule has 0 radical (unpaired) electrons. The molecular formula is C87H117N21O9. The topological polar surface area (TPSA) is 319 Å². The predicted molar refractivity (Wildman–Crippen MR) is 450 cm³/mol. The van der Waals surface area contributed by atoms with Crippen LogP contribution in [0, 0.1) is 0 Å². The van der Waals surface area contributed by atoms with E-state index in [1.165, 1.54) is 33.4 Å². The average molecular weight is 1600 g/mol. The van der Waals surface area contributed by atoms with Gasteiger partial charge in [0.2, 0.25) is 17.8 Å². The first-order valence-electron chi connectivity index (χ1n) is 41.3. The molecule has 3 aliphatic carbocycles. The van der Waals surface area contributed by atoms with Crippen molar-refractivity contribution in [1.29, 1.82) is 0 Å². The summed E-state index contributed by atoms with van der Waals surface area (Å²) in [5, 5.41) is 32.6. The number of amides is 6. The Morgan fingerprint density at radius 1 is 0.393 bits per heavy atom. The minimum absolute atomic E-state index is 0.00362. The quantitative estimate of drug-likeness (QED) is 0.0306. The summed E-state index contributed by atoms with van der Waals surface area (Å²) in [4.78, 5) is 71.9. The van der Waals surface area contributed by atoms with Crippen LogP contribution in [0.2, 0.25) is 0 Å². The molecule has 1 unspecified atom stereocenters. The van der Waals surface area contributed by atoms with Crippen LogP contribution in [0.3, 0.4) is 0 Å². The average Bonchev–Trinajstić information content (AvgIpc) is 1.79. The number of urea groups is 3. The molecule has 0 spiro atoms. The SMILES string of the molecule is COCCn1cc(Nc2nccc(-c3ccc4c(c3)CCCCC4NC(=O)N3CC(OC(C)(C)C)C3)n2)cn1.COCCn1cc(Nc2nccc(-c3ccc4c(c3)CCCC[C@@H]4NC(=O)N3CC(OC(C)(C)C)C3)n2)cn1.COCCn1cc(Nc2nccc(-c3ccc4c(c3)CCCC[C@H]4NC(=O)N3CC(OC(C)(C)C)C3)n2)cn1. The van der Waals surface area contributed by atoms with Crippen molar-refractivity contribution < 1.29 is 42.8 Å². The van der Waals surface area contributed by atoms with Crippen LogP contribution in [0.25, 0.3) is 33.8 Å². The van der Waals surface area contributed by atoms with Gasteiger partial charge in [-0.2, -0.15) is 15.3 Å². The van der Waals surface area contributed by atoms with Crippen molar-refractivity contribution in [3.63, 3.8) is 0 Å². The fourth-order valence-corrected chi connectivity index (χ4v) is 15.5. The minimum atomic E-state index is -0.195. The van der Waals surface area contributed by atoms with E-state index >= 15 is 0 Å². The number of benzene rings is 3. The number of likely N-dealkylation sites (tertiary alicyclic amines) is 3. The van der Waals surface area contributed by atoms with Crippen molar-refractivity contribution in [3.05, 3.63) is 162 Å². The van der Waals surface area contributed by atoms with Gasteiger partial charge in [0.25, 0.3) is 0 Å². The zero-order valence-corrected chi connectivity index (χ0v) is 69.9. The first-order valence-corrected chi connectivity index (χ1v) is 41.3. The number of nitrogens with zero attached hydrogens (tertiary/aromatic N) is 15. The molecule has 6 amide bonds. The summed E-state index contributed by atoms with van der Waals surface area (Å²) >= 11 is 0. The van der Waals surface area contributed by atoms with Crippen LogP contribution in [0.5, 0.6) is 0 Å². The van der Waals surface area contributed by atoms with E-state index in [0.29, 0.717) is 96.6 Å². The molecule has 624 valence electrons. The summed E-state index contributed by atoms with van der Waals surface area (Å²) in [7, 11) is 5.02. The number of nitrogens with one attached hydrogen (secondary N) is 6. The molecule has 15 rings (SSSR count). The second-order valence-electron chi connectivity index (χ2n) is 33.9. The second kappa shape index (κ2) is 38.7. The zero-order valence-electron chi connectivity index (χ0n) is 69.9. The lowest BCUT2D eigenvalue weighted by atomic mass is 9.95. The first kappa shape index (κ1) is 84.4. The van der Waals surface area contributed by atoms with Gasteiger partial charge in [-0.05, 0) is 190 Å². The van der Waals surface area contributed by atoms with Crippen molar-refractivity contribution in [2.45, 2.75) is 212 Å². The van der Waals surface area contributed by atoms with Gasteiger partial charge in [-0.15, -0.1) is 0 Å². The van der Waals surface area contributed by atoms with E-state index in [1.54, 1.807) is 58.5 Å². The molecule has 3 fully saturated rings. The Morgan fingerprint density at radius 3 is 0.940 bits per heavy atom. The standard InChI is InChI=1S/3C29H39N7O3/c3*1-29(2,3)39-23-18-35(19-23)28(37)34-26-8-6-5-7-20-15-21(9-10-24(20)26)25-11-12-30-27(33-25)32-22-16-31-36(17-22)13-14-38-4/h3*9-12,15-17,23,26H,5-8,13-14,18-19H2,1-4H3,(H,34,37)(H,30,32,33)/t2*26-;/m10./s1. The molecule has 9 aromatic rings. The maximum Gasteiger partial charge on any atom is 0.318 e. The fraction of sp³-hybridized carbons (Fsp3) is 0.517. The van der Waals surface area contributed by atoms with Gasteiger partial charge in [-0.1, -0.05) is 55.7 Å². The van der Waals surface area contributed by atoms with Gasteiger partial charge in [0.15, 0.2) is 0 Å². The Balaban J connectivity index is 0.000000152. The van der Waals surface area contributed by atoms with Crippen molar-refractivity contribution in [3.8, 4) is 33.8 Å². The van der Waals surface area contributed by atoms with Crippen LogP contribution in [-0.4, -0.2) is 208 Å². The summed E-state index contributed by atoms with van der Waals surface area (Å²) in [5.74, 6) is 1.55. The Hall–Kier alpha value is -10.5. The van der Waals surface area contributed by atoms with Gasteiger partial charge < -0.3 is 75.0 Å². The monoisotopic (exact) mass is 1600 g/mol. The summed E-state index contributed by atoms with van der Waals surface area (Å²) in [6.45, 7) is 26.1. The van der Waals surface area contributed by atoms with Crippen molar-refractivity contribution in [2.75, 3.05) is 96.4 Å². The molecule has 9 heterocycles. The predicted octanol–water partition coefficient (Wildman–Crippen LogP) is 14.1. The molecule has 3 aliphatic heterocycles. The lowest BCUT2D eigenvalue weighted by Gasteiger charge is -2.42. The van der Waals surface area contributed by atoms with Gasteiger partial charge in [0.05, 0.1) is 185 Å². The van der Waals surface area contributed by atoms with E-state index < -0.39 is 0 Å². The number of ether oxygens (including phenoxy) is 6. The van der Waals surface area contributed by atoms with E-state index in [2.05, 4.69) is 117 Å². The van der Waals surface area contributed by atoms with Crippen molar-refractivity contribution >= 4 is 53.0 Å². The number of aryl methyl sites for hydroxylation is 3. The number of aromatic nitrogens is 12. The summed E-state index contributed by atoms with van der Waals surface area (Å²) in [6.07, 6.45) is 28.9. The smallest absolute Gasteiger partial charge is 0.318 e. The van der Waals surface area contributed by atoms with E-state index in [-0.39, 0.29) is 71.3 Å². The third-order valence-electron chi connectivity index (χ3n) is 21.1. The Morgan fingerprint density at radius 2 is 0.675 bits per heavy atom. The number of methoxy groups -OCH3 is 3. The largest absolute Gasteiger partial charge is 0.383 e. The van der Waals surface area contributed by atoms with Gasteiger partial charge >= 0.3 is 18.1 Å². The molecule has 6 aromatic heterocycles. The summed E-state index contributed by atoms with van der Waals surface area (Å²) < 4.78 is 38.8. The first-order chi connectivity index (χ1) is 56.3. The number of carbonyl (C=O) groups is 3. The highest BCUT2D eigenvalue weighted by atomic mass is 16.5. The molecule has 3 atom stereocenters. The van der Waals surface area contributed by atoms with Crippen LogP contribution in [-0.2, 0) is 67.3 Å². The highest BCUT2D eigenvalue weighted by Gasteiger charge is 2.39. The van der Waals surface area contributed by atoms with Gasteiger partial charge in [0.1, 0.15) is 0 Å². The maximum absolute atomic E-state index is 13.0. The molecule has 3 aromatic carbocycles. The highest BCUT2D eigenvalue weighted by Crippen LogP contribution is 2.37. The number of hydrogen-bond acceptors (Lipinski definition) is 21. The normalized spacial score (nSPS) is 17.7. The molecule has 3 saturated heterocycles. The second-order valence-corrected chi connectivity index (χ2v) is 33.9. The lowest BCUT2D eigenvalue weighted by Crippen LogP contribution is -2.59. The number of anilines is 6. The third-order valence-corrected chi connectivity index (χ3v) is 21.1. The Labute approximate surface area is 686 Å². The fourth-order valence-electron chi connectivity index (χ4n) is 15.5. The van der Waals surface area contributed by atoms with E-state index in [0.717, 1.165) is 128 Å². The van der Waals surface area contributed by atoms with Crippen LogP contribution in [0.4, 0.5) is 49.3 Å². The van der Waals surface area contributed by atoms with Crippen LogP contribution >= 0.6 is 0 Å². The molecule has 117 heavy (non-hydrogen) atoms. The Bertz CT molecular complexity index is 4310. The van der Waals surface area contributed by atoms with Gasteiger partial charge in [-0.25, -0.2) is 44.3 Å². The van der Waals surface area contributed by atoms with Crippen molar-refractivity contribution in [1.82, 2.24) is 89.9 Å².